The quantitative estimate of drug-likeness (QED) is 0.302. The molecule has 0 unspecified atom stereocenters. The number of amides is 4. The molecule has 1 spiro atoms. The van der Waals surface area contributed by atoms with Gasteiger partial charge in [0, 0.05) is 29.3 Å². The molecule has 58 heavy (non-hydrogen) atoms. The Bertz CT molecular complexity index is 2160. The van der Waals surface area contributed by atoms with E-state index in [9.17, 15) is 36.7 Å². The summed E-state index contributed by atoms with van der Waals surface area (Å²) in [4.78, 5) is 64.3. The van der Waals surface area contributed by atoms with Crippen LogP contribution in [0.15, 0.2) is 30.4 Å². The maximum absolute atomic E-state index is 15.1. The molecule has 1 aromatic carbocycles. The van der Waals surface area contributed by atoms with Crippen LogP contribution in [0.4, 0.5) is 13.6 Å². The highest BCUT2D eigenvalue weighted by molar-refractivity contribution is 7.91. The van der Waals surface area contributed by atoms with Crippen LogP contribution < -0.4 is 19.5 Å². The Morgan fingerprint density at radius 3 is 2.53 bits per heavy atom. The largest absolute Gasteiger partial charge is 0.483 e. The third kappa shape index (κ3) is 7.36. The smallest absolute Gasteiger partial charge is 0.408 e. The molecule has 8 rings (SSSR count). The first kappa shape index (κ1) is 40.2. The van der Waals surface area contributed by atoms with Crippen molar-refractivity contribution in [3.8, 4) is 11.5 Å². The molecule has 1 saturated heterocycles. The van der Waals surface area contributed by atoms with Crippen LogP contribution in [0.25, 0.3) is 10.9 Å². The Hall–Kier alpha value is -4.54. The summed E-state index contributed by atoms with van der Waals surface area (Å²) in [6.07, 6.45) is 10.1. The number of pyridine rings is 1. The number of aryl methyl sites for hydroxylation is 2. The van der Waals surface area contributed by atoms with Crippen molar-refractivity contribution in [3.05, 3.63) is 41.6 Å². The van der Waals surface area contributed by atoms with Crippen molar-refractivity contribution in [1.29, 1.82) is 0 Å². The number of allylic oxidation sites excluding steroid dienone is 1. The van der Waals surface area contributed by atoms with Gasteiger partial charge in [-0.15, -0.1) is 0 Å². The number of nitrogens with one attached hydrogen (secondary N) is 2. The standard InChI is InChI=1S/C41H51F2N5O9S/c1-24-33-28(29-20-27(56-37(42)43)14-15-30(29)44-24)16-17-40(57-33)22-32-34(49)45-41(36(51)46-58(54,55)39(2)18-19-39)21-25(41)10-6-4-3-5-7-13-31(35(50)47(32)23-40)48(38(52)53)26-11-8-9-12-26/h6,10,14-15,20,25-26,31-32,37H,3-5,7-9,11-13,16-19,21-23H2,1-2H3,(H,45,49)(H,46,51)(H,52,53)/b10-6-/t25-,31+,32+,40-,41-/m1/s1. The van der Waals surface area contributed by atoms with Crippen LogP contribution >= 0.6 is 0 Å². The second kappa shape index (κ2) is 14.9. The molecule has 314 valence electrons. The van der Waals surface area contributed by atoms with Crippen LogP contribution in [0.2, 0.25) is 0 Å². The van der Waals surface area contributed by atoms with E-state index < -0.39 is 74.3 Å². The minimum absolute atomic E-state index is 0.00613. The molecule has 17 heteroatoms. The van der Waals surface area contributed by atoms with Gasteiger partial charge in [0.1, 0.15) is 34.7 Å². The normalized spacial score (nSPS) is 30.3. The molecule has 6 aliphatic rings. The summed E-state index contributed by atoms with van der Waals surface area (Å²) in [5.74, 6) is -2.14. The van der Waals surface area contributed by atoms with Gasteiger partial charge in [-0.25, -0.2) is 18.2 Å². The number of sulfonamides is 1. The van der Waals surface area contributed by atoms with Gasteiger partial charge in [-0.3, -0.25) is 24.0 Å². The first-order valence-corrected chi connectivity index (χ1v) is 22.0. The maximum atomic E-state index is 15.1. The van der Waals surface area contributed by atoms with E-state index in [0.29, 0.717) is 80.1 Å². The highest BCUT2D eigenvalue weighted by Crippen LogP contribution is 2.49. The van der Waals surface area contributed by atoms with E-state index in [2.05, 4.69) is 19.8 Å². The molecule has 4 amide bonds. The maximum Gasteiger partial charge on any atom is 0.408 e. The fourth-order valence-corrected chi connectivity index (χ4v) is 11.0. The summed E-state index contributed by atoms with van der Waals surface area (Å²) >= 11 is 0. The summed E-state index contributed by atoms with van der Waals surface area (Å²) in [5, 5.41) is 14.1. The molecule has 3 aliphatic heterocycles. The van der Waals surface area contributed by atoms with Crippen molar-refractivity contribution < 1.29 is 51.0 Å². The van der Waals surface area contributed by atoms with Crippen molar-refractivity contribution in [2.45, 2.75) is 151 Å². The number of aromatic nitrogens is 1. The molecule has 0 bridgehead atoms. The van der Waals surface area contributed by atoms with Crippen molar-refractivity contribution in [3.63, 3.8) is 0 Å². The van der Waals surface area contributed by atoms with Crippen LogP contribution in [-0.4, -0.2) is 99.3 Å². The van der Waals surface area contributed by atoms with Crippen molar-refractivity contribution in [2.75, 3.05) is 6.54 Å². The number of alkyl halides is 2. The molecule has 0 radical (unpaired) electrons. The van der Waals surface area contributed by atoms with Gasteiger partial charge in [-0.2, -0.15) is 8.78 Å². The zero-order valence-corrected chi connectivity index (χ0v) is 33.6. The number of benzene rings is 1. The zero-order chi connectivity index (χ0) is 41.2. The lowest BCUT2D eigenvalue weighted by molar-refractivity contribution is -0.144. The third-order valence-corrected chi connectivity index (χ3v) is 15.6. The Kier molecular flexibility index (Phi) is 10.4. The van der Waals surface area contributed by atoms with Gasteiger partial charge in [-0.05, 0) is 96.3 Å². The van der Waals surface area contributed by atoms with E-state index in [0.717, 1.165) is 24.8 Å². The van der Waals surface area contributed by atoms with Crippen LogP contribution in [0.1, 0.15) is 108 Å². The Balaban J connectivity index is 1.16. The average Bonchev–Trinajstić information content (AvgIpc) is 3.95. The minimum atomic E-state index is -4.04. The SMILES string of the molecule is Cc1nc2ccc(OC(F)F)cc2c2c1O[C@]1(CC2)C[C@H]2C(=O)N[C@]3(C(=O)NS(=O)(=O)C4(C)CC4)C[C@H]3/C=C\CCCCC[C@H](N(C(=O)O)C3CCCC3)C(=O)N2C1. The molecule has 5 atom stereocenters. The molecule has 3 N–H and O–H groups in total. The molecule has 3 saturated carbocycles. The van der Waals surface area contributed by atoms with Crippen LogP contribution in [0.5, 0.6) is 11.5 Å². The van der Waals surface area contributed by atoms with Crippen molar-refractivity contribution >= 4 is 44.7 Å². The van der Waals surface area contributed by atoms with E-state index in [1.54, 1.807) is 19.9 Å². The second-order valence-corrected chi connectivity index (χ2v) is 19.6. The molecule has 1 aromatic heterocycles. The number of halogens is 2. The number of carboxylic acid groups (broad SMARTS) is 1. The number of carbonyl (C=O) groups excluding carboxylic acids is 3. The molecule has 3 aliphatic carbocycles. The van der Waals surface area contributed by atoms with E-state index in [1.165, 1.54) is 21.9 Å². The number of hydrogen-bond acceptors (Lipinski definition) is 9. The fourth-order valence-electron chi connectivity index (χ4n) is 9.68. The summed E-state index contributed by atoms with van der Waals surface area (Å²) in [5.41, 5.74) is -0.914. The summed E-state index contributed by atoms with van der Waals surface area (Å²) < 4.78 is 65.5. The predicted octanol–water partition coefficient (Wildman–Crippen LogP) is 5.49. The molecule has 4 fully saturated rings. The number of fused-ring (bicyclic) bond motifs is 5. The van der Waals surface area contributed by atoms with Crippen LogP contribution in [0, 0.1) is 12.8 Å². The molecule has 4 heterocycles. The van der Waals surface area contributed by atoms with E-state index in [-0.39, 0.29) is 37.6 Å². The molecule has 2 aromatic rings. The lowest BCUT2D eigenvalue weighted by Gasteiger charge is -2.38. The van der Waals surface area contributed by atoms with Gasteiger partial charge >= 0.3 is 12.7 Å². The molecule has 14 nitrogen and oxygen atoms in total. The Morgan fingerprint density at radius 1 is 1.09 bits per heavy atom. The summed E-state index contributed by atoms with van der Waals surface area (Å²) in [6, 6.07) is 1.89. The number of nitrogens with zero attached hydrogens (tertiary/aromatic N) is 3. The van der Waals surface area contributed by atoms with Gasteiger partial charge in [0.25, 0.3) is 5.91 Å². The summed E-state index contributed by atoms with van der Waals surface area (Å²) in [7, 11) is -4.04. The van der Waals surface area contributed by atoms with Crippen molar-refractivity contribution in [1.82, 2.24) is 24.8 Å². The highest BCUT2D eigenvalue weighted by atomic mass is 32.2. The van der Waals surface area contributed by atoms with Gasteiger partial charge in [0.2, 0.25) is 21.8 Å². The number of hydrogen-bond donors (Lipinski definition) is 3. The second-order valence-electron chi connectivity index (χ2n) is 17.4. The van der Waals surface area contributed by atoms with Crippen LogP contribution in [-0.2, 0) is 30.8 Å². The van der Waals surface area contributed by atoms with E-state index in [4.69, 9.17) is 4.74 Å². The van der Waals surface area contributed by atoms with E-state index in [1.807, 2.05) is 12.2 Å². The number of ether oxygens (including phenoxy) is 2. The lowest BCUT2D eigenvalue weighted by Crippen LogP contribution is -2.59. The molecular formula is C41H51F2N5O9S. The number of carbonyl (C=O) groups is 4. The monoisotopic (exact) mass is 827 g/mol. The first-order valence-electron chi connectivity index (χ1n) is 20.5. The highest BCUT2D eigenvalue weighted by Gasteiger charge is 2.64. The Labute approximate surface area is 336 Å². The minimum Gasteiger partial charge on any atom is -0.483 e. The van der Waals surface area contributed by atoms with Gasteiger partial charge in [0.05, 0.1) is 22.5 Å². The topological polar surface area (TPSA) is 185 Å². The fraction of sp³-hybridized carbons (Fsp3) is 0.634. The first-order chi connectivity index (χ1) is 27.6. The molecular weight excluding hydrogens is 777 g/mol. The van der Waals surface area contributed by atoms with E-state index >= 15 is 4.79 Å². The third-order valence-electron chi connectivity index (χ3n) is 13.4. The van der Waals surface area contributed by atoms with Gasteiger partial charge < -0.3 is 24.8 Å². The predicted molar refractivity (Wildman–Crippen MR) is 207 cm³/mol. The van der Waals surface area contributed by atoms with Crippen molar-refractivity contribution in [2.24, 2.45) is 5.92 Å². The summed E-state index contributed by atoms with van der Waals surface area (Å²) in [6.45, 7) is 0.238. The number of rotatable bonds is 7. The lowest BCUT2D eigenvalue weighted by atomic mass is 9.87. The van der Waals surface area contributed by atoms with Gasteiger partial charge in [-0.1, -0.05) is 37.8 Å². The van der Waals surface area contributed by atoms with Gasteiger partial charge in [0.15, 0.2) is 0 Å². The zero-order valence-electron chi connectivity index (χ0n) is 32.8. The van der Waals surface area contributed by atoms with Crippen LogP contribution in [0.3, 0.4) is 0 Å². The average molecular weight is 828 g/mol. The Morgan fingerprint density at radius 2 is 1.83 bits per heavy atom.